The predicted octanol–water partition coefficient (Wildman–Crippen LogP) is 1.91. The van der Waals surface area contributed by atoms with Crippen LogP contribution >= 0.6 is 11.6 Å². The molecule has 1 N–H and O–H groups in total. The van der Waals surface area contributed by atoms with Crippen LogP contribution in [-0.4, -0.2) is 4.98 Å². The number of rotatable bonds is 0. The summed E-state index contributed by atoms with van der Waals surface area (Å²) in [7, 11) is 0. The van der Waals surface area contributed by atoms with Crippen molar-refractivity contribution >= 4 is 22.7 Å². The van der Waals surface area contributed by atoms with E-state index in [1.165, 1.54) is 6.07 Å². The van der Waals surface area contributed by atoms with Gasteiger partial charge in [-0.2, -0.15) is 0 Å². The summed E-state index contributed by atoms with van der Waals surface area (Å²) in [6.07, 6.45) is 0. The van der Waals surface area contributed by atoms with Gasteiger partial charge in [-0.05, 0) is 6.07 Å². The lowest BCUT2D eigenvalue weighted by Crippen LogP contribution is -1.92. The Morgan fingerprint density at radius 3 is 3.00 bits per heavy atom. The quantitative estimate of drug-likeness (QED) is 0.685. The molecule has 2 rings (SSSR count). The number of nitrogens with one attached hydrogen (secondary N) is 1. The van der Waals surface area contributed by atoms with Gasteiger partial charge in [0.15, 0.2) is 5.58 Å². The van der Waals surface area contributed by atoms with Gasteiger partial charge in [-0.3, -0.25) is 4.98 Å². The lowest BCUT2D eigenvalue weighted by molar-refractivity contribution is 0.550. The van der Waals surface area contributed by atoms with Gasteiger partial charge in [0.1, 0.15) is 5.82 Å². The van der Waals surface area contributed by atoms with Crippen LogP contribution in [0, 0.1) is 5.82 Å². The Labute approximate surface area is 70.8 Å². The van der Waals surface area contributed by atoms with Crippen LogP contribution in [0.1, 0.15) is 0 Å². The van der Waals surface area contributed by atoms with Gasteiger partial charge in [0.05, 0.1) is 10.5 Å². The molecule has 0 spiro atoms. The molecule has 1 heterocycles. The van der Waals surface area contributed by atoms with Crippen LogP contribution < -0.4 is 5.76 Å². The fourth-order valence-corrected chi connectivity index (χ4v) is 1.11. The molecule has 12 heavy (non-hydrogen) atoms. The van der Waals surface area contributed by atoms with Crippen molar-refractivity contribution in [2.24, 2.45) is 0 Å². The maximum atomic E-state index is 12.8. The molecule has 3 nitrogen and oxygen atoms in total. The van der Waals surface area contributed by atoms with Gasteiger partial charge in [-0.15, -0.1) is 0 Å². The zero-order chi connectivity index (χ0) is 8.72. The standard InChI is InChI=1S/C7H3ClFNO2/c8-3-1-5-6(2-4(3)9)12-7(11)10-5/h1-2H,(H,10,11). The maximum absolute atomic E-state index is 12.8. The number of benzene rings is 1. The maximum Gasteiger partial charge on any atom is 0.417 e. The Morgan fingerprint density at radius 1 is 1.50 bits per heavy atom. The summed E-state index contributed by atoms with van der Waals surface area (Å²) >= 11 is 5.46. The second-order valence-electron chi connectivity index (χ2n) is 2.28. The number of hydrogen-bond acceptors (Lipinski definition) is 2. The van der Waals surface area contributed by atoms with Crippen LogP contribution in [0.4, 0.5) is 4.39 Å². The summed E-state index contributed by atoms with van der Waals surface area (Å²) in [5, 5.41) is -0.0421. The van der Waals surface area contributed by atoms with Gasteiger partial charge in [-0.25, -0.2) is 9.18 Å². The molecular weight excluding hydrogens is 185 g/mol. The van der Waals surface area contributed by atoms with Crippen molar-refractivity contribution in [3.63, 3.8) is 0 Å². The van der Waals surface area contributed by atoms with Crippen molar-refractivity contribution in [2.45, 2.75) is 0 Å². The normalized spacial score (nSPS) is 10.8. The summed E-state index contributed by atoms with van der Waals surface area (Å²) in [5.74, 6) is -1.22. The van der Waals surface area contributed by atoms with E-state index in [0.29, 0.717) is 5.52 Å². The largest absolute Gasteiger partial charge is 0.417 e. The SMILES string of the molecule is O=c1[nH]c2cc(Cl)c(F)cc2o1. The lowest BCUT2D eigenvalue weighted by Gasteiger charge is -1.90. The molecule has 5 heteroatoms. The Kier molecular flexibility index (Phi) is 1.44. The second-order valence-corrected chi connectivity index (χ2v) is 2.68. The Hall–Kier alpha value is -1.29. The third-order valence-corrected chi connectivity index (χ3v) is 1.75. The first-order valence-corrected chi connectivity index (χ1v) is 3.52. The molecule has 0 aliphatic carbocycles. The van der Waals surface area contributed by atoms with E-state index in [-0.39, 0.29) is 10.6 Å². The average Bonchev–Trinajstić information content (AvgIpc) is 2.30. The van der Waals surface area contributed by atoms with Crippen molar-refractivity contribution in [3.05, 3.63) is 33.5 Å². The number of aromatic amines is 1. The predicted molar refractivity (Wildman–Crippen MR) is 41.8 cm³/mol. The molecular formula is C7H3ClFNO2. The second kappa shape index (κ2) is 2.35. The van der Waals surface area contributed by atoms with Crippen LogP contribution in [0.25, 0.3) is 11.1 Å². The monoisotopic (exact) mass is 187 g/mol. The third-order valence-electron chi connectivity index (χ3n) is 1.46. The molecule has 0 bridgehead atoms. The van der Waals surface area contributed by atoms with E-state index in [1.807, 2.05) is 0 Å². The molecule has 0 aliphatic heterocycles. The van der Waals surface area contributed by atoms with E-state index >= 15 is 0 Å². The Balaban J connectivity index is 2.92. The number of halogens is 2. The molecule has 0 unspecified atom stereocenters. The van der Waals surface area contributed by atoms with Gasteiger partial charge in [0.2, 0.25) is 0 Å². The highest BCUT2D eigenvalue weighted by molar-refractivity contribution is 6.31. The van der Waals surface area contributed by atoms with E-state index < -0.39 is 11.6 Å². The molecule has 62 valence electrons. The van der Waals surface area contributed by atoms with Crippen LogP contribution in [0.15, 0.2) is 21.3 Å². The van der Waals surface area contributed by atoms with Gasteiger partial charge < -0.3 is 4.42 Å². The summed E-state index contributed by atoms with van der Waals surface area (Å²) in [5.41, 5.74) is 0.563. The van der Waals surface area contributed by atoms with Gasteiger partial charge in [0, 0.05) is 6.07 Å². The highest BCUT2D eigenvalue weighted by Crippen LogP contribution is 2.20. The van der Waals surface area contributed by atoms with Gasteiger partial charge in [0.25, 0.3) is 0 Å². The molecule has 0 saturated carbocycles. The zero-order valence-electron chi connectivity index (χ0n) is 5.73. The van der Waals surface area contributed by atoms with E-state index in [0.717, 1.165) is 6.07 Å². The minimum atomic E-state index is -0.619. The van der Waals surface area contributed by atoms with Crippen LogP contribution in [0.2, 0.25) is 5.02 Å². The summed E-state index contributed by atoms with van der Waals surface area (Å²) < 4.78 is 17.3. The summed E-state index contributed by atoms with van der Waals surface area (Å²) in [6, 6.07) is 2.37. The topological polar surface area (TPSA) is 46.0 Å². The van der Waals surface area contributed by atoms with Crippen LogP contribution in [0.5, 0.6) is 0 Å². The van der Waals surface area contributed by atoms with Crippen molar-refractivity contribution < 1.29 is 8.81 Å². The number of fused-ring (bicyclic) bond motifs is 1. The highest BCUT2D eigenvalue weighted by atomic mass is 35.5. The first kappa shape index (κ1) is 7.36. The zero-order valence-corrected chi connectivity index (χ0v) is 6.48. The molecule has 0 amide bonds. The van der Waals surface area contributed by atoms with Crippen LogP contribution in [-0.2, 0) is 0 Å². The van der Waals surface area contributed by atoms with E-state index in [1.54, 1.807) is 0 Å². The summed E-state index contributed by atoms with van der Waals surface area (Å²) in [4.78, 5) is 13.0. The number of oxazole rings is 1. The molecule has 0 fully saturated rings. The minimum Gasteiger partial charge on any atom is -0.408 e. The number of H-pyrrole nitrogens is 1. The van der Waals surface area contributed by atoms with Crippen molar-refractivity contribution in [3.8, 4) is 0 Å². The highest BCUT2D eigenvalue weighted by Gasteiger charge is 2.05. The molecule has 0 radical (unpaired) electrons. The third kappa shape index (κ3) is 1.00. The molecule has 2 aromatic rings. The minimum absolute atomic E-state index is 0.0421. The molecule has 1 aromatic heterocycles. The smallest absolute Gasteiger partial charge is 0.408 e. The fourth-order valence-electron chi connectivity index (χ4n) is 0.946. The lowest BCUT2D eigenvalue weighted by atomic mass is 10.3. The van der Waals surface area contributed by atoms with Gasteiger partial charge >= 0.3 is 5.76 Å². The average molecular weight is 188 g/mol. The first-order valence-electron chi connectivity index (χ1n) is 3.15. The number of hydrogen-bond donors (Lipinski definition) is 1. The Morgan fingerprint density at radius 2 is 2.25 bits per heavy atom. The molecule has 0 saturated heterocycles. The van der Waals surface area contributed by atoms with Crippen LogP contribution in [0.3, 0.4) is 0 Å². The molecule has 0 aliphatic rings. The van der Waals surface area contributed by atoms with E-state index in [9.17, 15) is 9.18 Å². The Bertz CT molecular complexity index is 446. The molecule has 1 aromatic carbocycles. The van der Waals surface area contributed by atoms with Gasteiger partial charge in [-0.1, -0.05) is 11.6 Å². The van der Waals surface area contributed by atoms with Crippen molar-refractivity contribution in [1.29, 1.82) is 0 Å². The summed E-state index contributed by atoms with van der Waals surface area (Å²) in [6.45, 7) is 0. The van der Waals surface area contributed by atoms with E-state index in [4.69, 9.17) is 11.6 Å². The van der Waals surface area contributed by atoms with Crippen molar-refractivity contribution in [2.75, 3.05) is 0 Å². The fraction of sp³-hybridized carbons (Fsp3) is 0. The molecule has 0 atom stereocenters. The van der Waals surface area contributed by atoms with Crippen molar-refractivity contribution in [1.82, 2.24) is 4.98 Å². The van der Waals surface area contributed by atoms with E-state index in [2.05, 4.69) is 9.40 Å². The first-order chi connectivity index (χ1) is 5.66. The number of aromatic nitrogens is 1.